The Bertz CT molecular complexity index is 1890. The highest BCUT2D eigenvalue weighted by atomic mass is 79.9. The number of rotatable bonds is 43. The van der Waals surface area contributed by atoms with Gasteiger partial charge in [0.05, 0.1) is 39.6 Å². The fourth-order valence-corrected chi connectivity index (χ4v) is 9.63. The van der Waals surface area contributed by atoms with Crippen molar-refractivity contribution in [3.63, 3.8) is 0 Å². The maximum absolute atomic E-state index is 7.20. The molecular weight excluding hydrogens is 897 g/mol. The summed E-state index contributed by atoms with van der Waals surface area (Å²) in [6, 6.07) is 13.2. The van der Waals surface area contributed by atoms with Gasteiger partial charge in [-0.3, -0.25) is 0 Å². The van der Waals surface area contributed by atoms with Crippen LogP contribution >= 0.6 is 15.9 Å². The highest BCUT2D eigenvalue weighted by Crippen LogP contribution is 2.58. The maximum atomic E-state index is 7.20. The monoisotopic (exact) mass is 991 g/mol. The molecule has 4 aromatic carbocycles. The largest absolute Gasteiger partial charge is 0.490 e. The summed E-state index contributed by atoms with van der Waals surface area (Å²) in [7, 11) is 0. The predicted molar refractivity (Wildman–Crippen MR) is 293 cm³/mol. The van der Waals surface area contributed by atoms with E-state index in [9.17, 15) is 0 Å². The van der Waals surface area contributed by atoms with Crippen molar-refractivity contribution in [1.29, 1.82) is 0 Å². The first-order valence-electron chi connectivity index (χ1n) is 28.0. The van der Waals surface area contributed by atoms with Gasteiger partial charge in [-0.05, 0) is 73.2 Å². The third-order valence-corrected chi connectivity index (χ3v) is 13.7. The second kappa shape index (κ2) is 36.0. The molecule has 4 rings (SSSR count). The summed E-state index contributed by atoms with van der Waals surface area (Å²) in [6.45, 7) is 14.9. The van der Waals surface area contributed by atoms with Gasteiger partial charge in [0, 0.05) is 21.5 Å². The average Bonchev–Trinajstić information content (AvgIpc) is 3.34. The van der Waals surface area contributed by atoms with Crippen molar-refractivity contribution in [2.24, 2.45) is 0 Å². The van der Waals surface area contributed by atoms with E-state index in [0.717, 1.165) is 131 Å². The molecule has 0 amide bonds. The second-order valence-corrected chi connectivity index (χ2v) is 19.8. The van der Waals surface area contributed by atoms with E-state index in [1.807, 2.05) is 0 Å². The number of halogens is 1. The van der Waals surface area contributed by atoms with E-state index in [-0.39, 0.29) is 0 Å². The summed E-state index contributed by atoms with van der Waals surface area (Å²) in [6.07, 6.45) is 35.1. The molecule has 0 radical (unpaired) electrons. The number of ether oxygens (including phenoxy) is 6. The van der Waals surface area contributed by atoms with Crippen LogP contribution in [0.3, 0.4) is 0 Å². The Kier molecular flexibility index (Phi) is 30.3. The Morgan fingerprint density at radius 1 is 0.284 bits per heavy atom. The molecule has 0 aliphatic carbocycles. The molecule has 6 nitrogen and oxygen atoms in total. The van der Waals surface area contributed by atoms with Gasteiger partial charge in [0.2, 0.25) is 11.5 Å². The molecule has 0 heterocycles. The lowest BCUT2D eigenvalue weighted by atomic mass is 9.91. The van der Waals surface area contributed by atoms with Gasteiger partial charge in [0.1, 0.15) is 0 Å². The van der Waals surface area contributed by atoms with Crippen molar-refractivity contribution in [1.82, 2.24) is 0 Å². The molecule has 378 valence electrons. The lowest BCUT2D eigenvalue weighted by molar-refractivity contribution is 0.222. The Balaban J connectivity index is 1.94. The minimum absolute atomic E-state index is 0.581. The van der Waals surface area contributed by atoms with Crippen LogP contribution in [0.2, 0.25) is 0 Å². The van der Waals surface area contributed by atoms with Gasteiger partial charge >= 0.3 is 0 Å². The van der Waals surface area contributed by atoms with E-state index in [1.165, 1.54) is 122 Å². The van der Waals surface area contributed by atoms with Crippen LogP contribution in [0.5, 0.6) is 34.5 Å². The Morgan fingerprint density at radius 3 is 1.03 bits per heavy atom. The fraction of sp³-hybridized carbons (Fsp3) is 0.700. The van der Waals surface area contributed by atoms with Crippen molar-refractivity contribution < 1.29 is 28.4 Å². The fourth-order valence-electron chi connectivity index (χ4n) is 9.23. The van der Waals surface area contributed by atoms with Crippen molar-refractivity contribution >= 4 is 48.2 Å². The van der Waals surface area contributed by atoms with E-state index in [4.69, 9.17) is 28.4 Å². The van der Waals surface area contributed by atoms with Crippen LogP contribution in [-0.4, -0.2) is 45.0 Å². The third kappa shape index (κ3) is 19.3. The quantitative estimate of drug-likeness (QED) is 0.0250. The average molecular weight is 992 g/mol. The minimum atomic E-state index is 0.581. The lowest BCUT2D eigenvalue weighted by Gasteiger charge is -2.26. The molecule has 0 saturated carbocycles. The summed E-state index contributed by atoms with van der Waals surface area (Å²) in [5.41, 5.74) is 0. The number of fused-ring (bicyclic) bond motifs is 6. The normalized spacial score (nSPS) is 11.6. The van der Waals surface area contributed by atoms with Crippen molar-refractivity contribution in [2.45, 2.75) is 227 Å². The summed E-state index contributed by atoms with van der Waals surface area (Å²) in [5.74, 6) is 4.48. The number of hydrogen-bond donors (Lipinski definition) is 0. The molecule has 0 unspecified atom stereocenters. The number of hydrogen-bond acceptors (Lipinski definition) is 6. The van der Waals surface area contributed by atoms with Crippen LogP contribution in [0.4, 0.5) is 0 Å². The van der Waals surface area contributed by atoms with Crippen molar-refractivity contribution in [3.8, 4) is 34.5 Å². The van der Waals surface area contributed by atoms with E-state index < -0.39 is 0 Å². The smallest absolute Gasteiger partial charge is 0.208 e. The van der Waals surface area contributed by atoms with E-state index in [2.05, 4.69) is 86.9 Å². The van der Waals surface area contributed by atoms with Crippen LogP contribution in [0.25, 0.3) is 32.3 Å². The molecule has 4 aromatic rings. The summed E-state index contributed by atoms with van der Waals surface area (Å²) in [5, 5.41) is 7.54. The van der Waals surface area contributed by atoms with Crippen molar-refractivity contribution in [3.05, 3.63) is 36.4 Å². The molecule has 0 spiro atoms. The molecule has 7 heteroatoms. The van der Waals surface area contributed by atoms with Gasteiger partial charge in [0.15, 0.2) is 23.0 Å². The molecule has 0 bridgehead atoms. The van der Waals surface area contributed by atoms with Gasteiger partial charge < -0.3 is 28.4 Å². The molecule has 0 saturated heterocycles. The Morgan fingerprint density at radius 2 is 0.597 bits per heavy atom. The predicted octanol–water partition coefficient (Wildman–Crippen LogP) is 19.6. The summed E-state index contributed by atoms with van der Waals surface area (Å²) in [4.78, 5) is 0. The van der Waals surface area contributed by atoms with E-state index >= 15 is 0 Å². The first kappa shape index (κ1) is 56.5. The van der Waals surface area contributed by atoms with Gasteiger partial charge in [-0.1, -0.05) is 222 Å². The van der Waals surface area contributed by atoms with Crippen molar-refractivity contribution in [2.75, 3.05) is 45.0 Å². The van der Waals surface area contributed by atoms with Gasteiger partial charge in [-0.25, -0.2) is 0 Å². The molecule has 0 N–H and O–H groups in total. The molecular formula is C60H95BrO6. The molecule has 0 aliphatic heterocycles. The molecule has 0 fully saturated rings. The SMILES string of the molecule is CCCCCCOc1c(OCCCCCC)c(OCCCCCC)c2c3c(OCCCCCC)c(OCCCCCCCCCCCCBr)ccc3c3ccccc3c2c1OCCCCCC. The number of alkyl halides is 1. The first-order chi connectivity index (χ1) is 33.2. The molecule has 0 atom stereocenters. The van der Waals surface area contributed by atoms with Gasteiger partial charge in [-0.15, -0.1) is 0 Å². The van der Waals surface area contributed by atoms with Crippen LogP contribution in [0.15, 0.2) is 36.4 Å². The Labute approximate surface area is 417 Å². The topological polar surface area (TPSA) is 55.4 Å². The molecule has 0 aliphatic rings. The lowest BCUT2D eigenvalue weighted by Crippen LogP contribution is -2.10. The molecule has 0 aromatic heterocycles. The van der Waals surface area contributed by atoms with E-state index in [1.54, 1.807) is 0 Å². The highest BCUT2D eigenvalue weighted by Gasteiger charge is 2.31. The molecule has 67 heavy (non-hydrogen) atoms. The third-order valence-electron chi connectivity index (χ3n) is 13.2. The highest BCUT2D eigenvalue weighted by molar-refractivity contribution is 9.09. The van der Waals surface area contributed by atoms with Gasteiger partial charge in [-0.2, -0.15) is 0 Å². The van der Waals surface area contributed by atoms with E-state index in [0.29, 0.717) is 51.1 Å². The zero-order chi connectivity index (χ0) is 47.6. The first-order valence-corrected chi connectivity index (χ1v) is 29.1. The minimum Gasteiger partial charge on any atom is -0.490 e. The zero-order valence-electron chi connectivity index (χ0n) is 43.5. The number of unbranched alkanes of at least 4 members (excludes halogenated alkanes) is 24. The van der Waals surface area contributed by atoms with Crippen LogP contribution in [0, 0.1) is 0 Å². The second-order valence-electron chi connectivity index (χ2n) is 19.0. The Hall–Kier alpha value is -3.06. The van der Waals surface area contributed by atoms with Crippen LogP contribution in [-0.2, 0) is 0 Å². The van der Waals surface area contributed by atoms with Crippen LogP contribution in [0.1, 0.15) is 227 Å². The van der Waals surface area contributed by atoms with Crippen LogP contribution < -0.4 is 28.4 Å². The summed E-state index contributed by atoms with van der Waals surface area (Å²) < 4.78 is 42.4. The number of benzene rings is 4. The zero-order valence-corrected chi connectivity index (χ0v) is 45.0. The standard InChI is InChI=1S/C60H95BrO6/c1-6-11-16-32-44-63-56-52(62-43-37-28-26-24-22-21-23-25-27-31-42-61)41-40-51-49-38-29-30-39-50(49)54-55(53(51)56)58(65-46-34-18-13-8-3)60(67-48-36-20-15-10-5)59(66-47-35-19-14-9-4)57(54)64-45-33-17-12-7-2/h29-30,38-41H,6-28,31-37,42-48H2,1-5H3. The summed E-state index contributed by atoms with van der Waals surface area (Å²) >= 11 is 3.57. The maximum Gasteiger partial charge on any atom is 0.208 e. The van der Waals surface area contributed by atoms with Gasteiger partial charge in [0.25, 0.3) is 0 Å².